The summed E-state index contributed by atoms with van der Waals surface area (Å²) in [5.41, 5.74) is 8.74. The third-order valence-electron chi connectivity index (χ3n) is 6.08. The Morgan fingerprint density at radius 3 is 2.26 bits per heavy atom. The van der Waals surface area contributed by atoms with Crippen molar-refractivity contribution in [1.82, 2.24) is 4.57 Å². The van der Waals surface area contributed by atoms with Crippen LogP contribution in [0.2, 0.25) is 0 Å². The van der Waals surface area contributed by atoms with Gasteiger partial charge in [-0.15, -0.1) is 0 Å². The zero-order valence-corrected chi connectivity index (χ0v) is 12.0. The molecular formula is C17H26N2. The number of aryl methyl sites for hydroxylation is 1. The van der Waals surface area contributed by atoms with Gasteiger partial charge in [-0.3, -0.25) is 0 Å². The fourth-order valence-electron chi connectivity index (χ4n) is 5.70. The average Bonchev–Trinajstić information content (AvgIpc) is 2.71. The van der Waals surface area contributed by atoms with Gasteiger partial charge in [-0.05, 0) is 87.8 Å². The van der Waals surface area contributed by atoms with Crippen LogP contribution in [0.5, 0.6) is 0 Å². The van der Waals surface area contributed by atoms with Crippen molar-refractivity contribution in [3.05, 3.63) is 23.5 Å². The van der Waals surface area contributed by atoms with Crippen molar-refractivity contribution < 1.29 is 0 Å². The number of hydrogen-bond donors (Lipinski definition) is 1. The zero-order valence-electron chi connectivity index (χ0n) is 12.0. The van der Waals surface area contributed by atoms with Crippen LogP contribution in [0.15, 0.2) is 12.1 Å². The monoisotopic (exact) mass is 258 g/mol. The topological polar surface area (TPSA) is 30.9 Å². The summed E-state index contributed by atoms with van der Waals surface area (Å²) in [7, 11) is 0. The summed E-state index contributed by atoms with van der Waals surface area (Å²) in [4.78, 5) is 0. The van der Waals surface area contributed by atoms with Crippen LogP contribution in [0.25, 0.3) is 0 Å². The highest BCUT2D eigenvalue weighted by Crippen LogP contribution is 2.58. The minimum absolute atomic E-state index is 0.775. The molecule has 5 rings (SSSR count). The standard InChI is InChI=1S/C17H26N2/c1-11-2-3-16(4-5-18)19(11)17-14-7-12-6-13(9-14)10-15(17)8-12/h2-3,12-15,17H,4-10,18H2,1H3. The van der Waals surface area contributed by atoms with E-state index in [1.165, 1.54) is 37.1 Å². The molecule has 2 N–H and O–H groups in total. The summed E-state index contributed by atoms with van der Waals surface area (Å²) in [6, 6.07) is 5.41. The fourth-order valence-corrected chi connectivity index (χ4v) is 5.70. The second-order valence-electron chi connectivity index (χ2n) is 7.30. The maximum Gasteiger partial charge on any atom is 0.0392 e. The maximum absolute atomic E-state index is 5.80. The molecule has 0 amide bonds. The molecule has 1 heterocycles. The van der Waals surface area contributed by atoms with Gasteiger partial charge in [0, 0.05) is 17.4 Å². The summed E-state index contributed by atoms with van der Waals surface area (Å²) in [5, 5.41) is 0. The Hall–Kier alpha value is -0.760. The Morgan fingerprint density at radius 1 is 1.05 bits per heavy atom. The highest BCUT2D eigenvalue weighted by atomic mass is 15.1. The Morgan fingerprint density at radius 2 is 1.68 bits per heavy atom. The molecule has 0 spiro atoms. The van der Waals surface area contributed by atoms with E-state index in [0.29, 0.717) is 0 Å². The van der Waals surface area contributed by atoms with Crippen LogP contribution >= 0.6 is 0 Å². The number of nitrogens with zero attached hydrogens (tertiary/aromatic N) is 1. The molecule has 0 aromatic carbocycles. The van der Waals surface area contributed by atoms with Gasteiger partial charge in [0.05, 0.1) is 0 Å². The number of hydrogen-bond acceptors (Lipinski definition) is 1. The van der Waals surface area contributed by atoms with E-state index < -0.39 is 0 Å². The Balaban J connectivity index is 1.70. The largest absolute Gasteiger partial charge is 0.345 e. The molecule has 4 aliphatic carbocycles. The van der Waals surface area contributed by atoms with Gasteiger partial charge in [-0.25, -0.2) is 0 Å². The van der Waals surface area contributed by atoms with Crippen LogP contribution < -0.4 is 5.73 Å². The lowest BCUT2D eigenvalue weighted by atomic mass is 9.54. The Labute approximate surface area is 116 Å². The van der Waals surface area contributed by atoms with Crippen molar-refractivity contribution in [3.8, 4) is 0 Å². The Kier molecular flexibility index (Phi) is 2.77. The van der Waals surface area contributed by atoms with Crippen LogP contribution in [0.3, 0.4) is 0 Å². The first-order valence-corrected chi connectivity index (χ1v) is 8.13. The molecule has 0 aliphatic heterocycles. The molecule has 4 fully saturated rings. The molecule has 0 unspecified atom stereocenters. The lowest BCUT2D eigenvalue weighted by molar-refractivity contribution is -0.0305. The van der Waals surface area contributed by atoms with E-state index in [-0.39, 0.29) is 0 Å². The molecule has 0 saturated heterocycles. The normalized spacial score (nSPS) is 40.0. The first kappa shape index (κ1) is 12.0. The highest BCUT2D eigenvalue weighted by Gasteiger charge is 2.49. The van der Waals surface area contributed by atoms with Crippen molar-refractivity contribution in [2.45, 2.75) is 51.5 Å². The molecule has 0 radical (unpaired) electrons. The van der Waals surface area contributed by atoms with E-state index in [1.54, 1.807) is 6.42 Å². The van der Waals surface area contributed by atoms with Gasteiger partial charge in [0.2, 0.25) is 0 Å². The summed E-state index contributed by atoms with van der Waals surface area (Å²) in [6.45, 7) is 3.06. The van der Waals surface area contributed by atoms with Gasteiger partial charge in [0.25, 0.3) is 0 Å². The number of rotatable bonds is 3. The van der Waals surface area contributed by atoms with Gasteiger partial charge in [-0.2, -0.15) is 0 Å². The molecule has 19 heavy (non-hydrogen) atoms. The summed E-state index contributed by atoms with van der Waals surface area (Å²) in [6.07, 6.45) is 8.57. The fraction of sp³-hybridized carbons (Fsp3) is 0.765. The average molecular weight is 258 g/mol. The van der Waals surface area contributed by atoms with Crippen LogP contribution in [-0.4, -0.2) is 11.1 Å². The first-order valence-electron chi connectivity index (χ1n) is 8.13. The quantitative estimate of drug-likeness (QED) is 0.886. The summed E-state index contributed by atoms with van der Waals surface area (Å²) >= 11 is 0. The minimum Gasteiger partial charge on any atom is -0.345 e. The molecule has 0 atom stereocenters. The smallest absolute Gasteiger partial charge is 0.0392 e. The van der Waals surface area contributed by atoms with Gasteiger partial charge < -0.3 is 10.3 Å². The summed E-state index contributed by atoms with van der Waals surface area (Å²) in [5.74, 6) is 4.04. The predicted molar refractivity (Wildman–Crippen MR) is 78.0 cm³/mol. The summed E-state index contributed by atoms with van der Waals surface area (Å²) < 4.78 is 2.68. The molecule has 4 aliphatic rings. The second-order valence-corrected chi connectivity index (χ2v) is 7.30. The maximum atomic E-state index is 5.80. The number of nitrogens with two attached hydrogens (primary N) is 1. The van der Waals surface area contributed by atoms with E-state index in [0.717, 1.165) is 42.7 Å². The van der Waals surface area contributed by atoms with Crippen molar-refractivity contribution in [1.29, 1.82) is 0 Å². The van der Waals surface area contributed by atoms with E-state index in [2.05, 4.69) is 23.6 Å². The van der Waals surface area contributed by atoms with Gasteiger partial charge in [0.1, 0.15) is 0 Å². The van der Waals surface area contributed by atoms with Gasteiger partial charge >= 0.3 is 0 Å². The van der Waals surface area contributed by atoms with E-state index in [9.17, 15) is 0 Å². The molecular weight excluding hydrogens is 232 g/mol. The molecule has 4 saturated carbocycles. The molecule has 1 aromatic heterocycles. The second kappa shape index (κ2) is 4.37. The molecule has 4 bridgehead atoms. The van der Waals surface area contributed by atoms with Crippen LogP contribution in [-0.2, 0) is 6.42 Å². The molecule has 2 heteroatoms. The van der Waals surface area contributed by atoms with Crippen molar-refractivity contribution in [2.24, 2.45) is 29.4 Å². The Bertz CT molecular complexity index is 446. The van der Waals surface area contributed by atoms with Crippen LogP contribution in [0.1, 0.15) is 49.5 Å². The highest BCUT2D eigenvalue weighted by molar-refractivity contribution is 5.19. The van der Waals surface area contributed by atoms with Crippen LogP contribution in [0, 0.1) is 30.6 Å². The first-order chi connectivity index (χ1) is 9.26. The lowest BCUT2D eigenvalue weighted by Crippen LogP contribution is -2.46. The molecule has 2 nitrogen and oxygen atoms in total. The van der Waals surface area contributed by atoms with Crippen molar-refractivity contribution in [2.75, 3.05) is 6.54 Å². The van der Waals surface area contributed by atoms with E-state index in [4.69, 9.17) is 5.73 Å². The van der Waals surface area contributed by atoms with Crippen LogP contribution in [0.4, 0.5) is 0 Å². The van der Waals surface area contributed by atoms with Crippen molar-refractivity contribution in [3.63, 3.8) is 0 Å². The molecule has 1 aromatic rings. The van der Waals surface area contributed by atoms with Gasteiger partial charge in [0.15, 0.2) is 0 Å². The van der Waals surface area contributed by atoms with Crippen molar-refractivity contribution >= 4 is 0 Å². The lowest BCUT2D eigenvalue weighted by Gasteiger charge is -2.55. The predicted octanol–water partition coefficient (Wildman–Crippen LogP) is 3.29. The molecule has 104 valence electrons. The third kappa shape index (κ3) is 1.79. The van der Waals surface area contributed by atoms with Gasteiger partial charge in [-0.1, -0.05) is 0 Å². The van der Waals surface area contributed by atoms with E-state index >= 15 is 0 Å². The zero-order chi connectivity index (χ0) is 13.0. The third-order valence-corrected chi connectivity index (χ3v) is 6.08. The van der Waals surface area contributed by atoms with E-state index in [1.807, 2.05) is 0 Å². The number of aromatic nitrogens is 1. The minimum atomic E-state index is 0.775. The SMILES string of the molecule is Cc1ccc(CCN)n1C1C2CC3CC(C2)CC1C3.